The van der Waals surface area contributed by atoms with E-state index in [-0.39, 0.29) is 25.3 Å². The van der Waals surface area contributed by atoms with Crippen molar-refractivity contribution in [2.75, 3.05) is 17.2 Å². The number of aliphatic carboxylic acids is 1. The number of carboxylic acid groups (broad SMARTS) is 1. The zero-order valence-corrected chi connectivity index (χ0v) is 12.2. The van der Waals surface area contributed by atoms with Crippen LogP contribution in [0.4, 0.5) is 11.4 Å². The molecule has 0 aliphatic carbocycles. The summed E-state index contributed by atoms with van der Waals surface area (Å²) in [5.74, 6) is -1.10. The Morgan fingerprint density at radius 2 is 1.95 bits per heavy atom. The molecular weight excluding hydrogens is 288 g/mol. The minimum Gasteiger partial charge on any atom is -0.481 e. The molecule has 1 heterocycles. The van der Waals surface area contributed by atoms with E-state index in [2.05, 4.69) is 0 Å². The number of rotatable bonds is 6. The van der Waals surface area contributed by atoms with Crippen molar-refractivity contribution in [2.24, 2.45) is 0 Å². The first-order valence-electron chi connectivity index (χ1n) is 6.47. The number of carboxylic acids is 1. The van der Waals surface area contributed by atoms with Crippen LogP contribution < -0.4 is 10.6 Å². The summed E-state index contributed by atoms with van der Waals surface area (Å²) < 4.78 is 0. The first-order valence-corrected chi connectivity index (χ1v) is 7.35. The van der Waals surface area contributed by atoms with Gasteiger partial charge in [-0.05, 0) is 23.6 Å². The Morgan fingerprint density at radius 1 is 1.19 bits per heavy atom. The van der Waals surface area contributed by atoms with Crippen molar-refractivity contribution >= 4 is 34.6 Å². The molecule has 2 aromatic rings. The van der Waals surface area contributed by atoms with Gasteiger partial charge < -0.3 is 15.7 Å². The second kappa shape index (κ2) is 6.90. The number of amides is 1. The van der Waals surface area contributed by atoms with Gasteiger partial charge in [0.2, 0.25) is 5.91 Å². The zero-order chi connectivity index (χ0) is 15.2. The summed E-state index contributed by atoms with van der Waals surface area (Å²) >= 11 is 1.50. The maximum absolute atomic E-state index is 12.5. The fraction of sp³-hybridized carbons (Fsp3) is 0.200. The van der Waals surface area contributed by atoms with Crippen LogP contribution in [0.15, 0.2) is 41.8 Å². The summed E-state index contributed by atoms with van der Waals surface area (Å²) in [6, 6.07) is 10.7. The average molecular weight is 304 g/mol. The third-order valence-electron chi connectivity index (χ3n) is 2.98. The SMILES string of the molecule is Nc1ccccc1N(CCC(=O)O)C(=O)Cc1cccs1. The van der Waals surface area contributed by atoms with E-state index in [1.54, 1.807) is 24.3 Å². The lowest BCUT2D eigenvalue weighted by atomic mass is 10.2. The van der Waals surface area contributed by atoms with Crippen molar-refractivity contribution in [3.8, 4) is 0 Å². The van der Waals surface area contributed by atoms with Gasteiger partial charge in [0, 0.05) is 11.4 Å². The Morgan fingerprint density at radius 3 is 2.57 bits per heavy atom. The summed E-state index contributed by atoms with van der Waals surface area (Å²) in [4.78, 5) is 25.6. The predicted molar refractivity (Wildman–Crippen MR) is 83.5 cm³/mol. The van der Waals surface area contributed by atoms with Crippen LogP contribution >= 0.6 is 11.3 Å². The molecule has 0 aliphatic rings. The minimum atomic E-state index is -0.946. The van der Waals surface area contributed by atoms with Gasteiger partial charge in [0.15, 0.2) is 0 Å². The number of thiophene rings is 1. The molecule has 1 aromatic carbocycles. The third kappa shape index (κ3) is 4.06. The Kier molecular flexibility index (Phi) is 4.94. The molecule has 0 fully saturated rings. The van der Waals surface area contributed by atoms with Crippen LogP contribution in [0.25, 0.3) is 0 Å². The van der Waals surface area contributed by atoms with E-state index < -0.39 is 5.97 Å². The largest absolute Gasteiger partial charge is 0.481 e. The van der Waals surface area contributed by atoms with Crippen LogP contribution in [-0.2, 0) is 16.0 Å². The van der Waals surface area contributed by atoms with E-state index >= 15 is 0 Å². The van der Waals surface area contributed by atoms with Gasteiger partial charge in [0.25, 0.3) is 0 Å². The highest BCUT2D eigenvalue weighted by Gasteiger charge is 2.19. The second-order valence-corrected chi connectivity index (χ2v) is 5.54. The second-order valence-electron chi connectivity index (χ2n) is 4.50. The van der Waals surface area contributed by atoms with Crippen LogP contribution in [0.5, 0.6) is 0 Å². The van der Waals surface area contributed by atoms with Gasteiger partial charge in [-0.25, -0.2) is 0 Å². The maximum Gasteiger partial charge on any atom is 0.305 e. The van der Waals surface area contributed by atoms with Gasteiger partial charge in [0.1, 0.15) is 0 Å². The normalized spacial score (nSPS) is 10.3. The van der Waals surface area contributed by atoms with Crippen LogP contribution in [-0.4, -0.2) is 23.5 Å². The fourth-order valence-electron chi connectivity index (χ4n) is 1.98. The van der Waals surface area contributed by atoms with Crippen LogP contribution in [0.2, 0.25) is 0 Å². The first-order chi connectivity index (χ1) is 10.1. The number of benzene rings is 1. The van der Waals surface area contributed by atoms with Gasteiger partial charge in [-0.1, -0.05) is 18.2 Å². The lowest BCUT2D eigenvalue weighted by Gasteiger charge is -2.23. The maximum atomic E-state index is 12.5. The number of anilines is 2. The quantitative estimate of drug-likeness (QED) is 0.803. The molecule has 0 atom stereocenters. The van der Waals surface area contributed by atoms with E-state index in [1.807, 2.05) is 17.5 Å². The van der Waals surface area contributed by atoms with Gasteiger partial charge in [-0.15, -0.1) is 11.3 Å². The molecule has 0 spiro atoms. The van der Waals surface area contributed by atoms with Crippen LogP contribution in [0.1, 0.15) is 11.3 Å². The number of para-hydroxylation sites is 2. The Labute approximate surface area is 126 Å². The van der Waals surface area contributed by atoms with Crippen molar-refractivity contribution in [3.63, 3.8) is 0 Å². The number of hydrogen-bond donors (Lipinski definition) is 2. The molecule has 6 heteroatoms. The van der Waals surface area contributed by atoms with Crippen molar-refractivity contribution in [1.82, 2.24) is 0 Å². The van der Waals surface area contributed by atoms with Crippen molar-refractivity contribution in [1.29, 1.82) is 0 Å². The number of nitrogen functional groups attached to an aromatic ring is 1. The van der Waals surface area contributed by atoms with Crippen molar-refractivity contribution < 1.29 is 14.7 Å². The monoisotopic (exact) mass is 304 g/mol. The number of hydrogen-bond acceptors (Lipinski definition) is 4. The number of nitrogens with two attached hydrogens (primary N) is 1. The van der Waals surface area contributed by atoms with Crippen LogP contribution in [0, 0.1) is 0 Å². The standard InChI is InChI=1S/C15H16N2O3S/c16-12-5-1-2-6-13(12)17(8-7-15(19)20)14(18)10-11-4-3-9-21-11/h1-6,9H,7-8,10,16H2,(H,19,20). The molecule has 3 N–H and O–H groups in total. The summed E-state index contributed by atoms with van der Waals surface area (Å²) in [7, 11) is 0. The first kappa shape index (κ1) is 15.1. The lowest BCUT2D eigenvalue weighted by molar-refractivity contribution is -0.136. The Balaban J connectivity index is 2.21. The van der Waals surface area contributed by atoms with Gasteiger partial charge >= 0.3 is 5.97 Å². The fourth-order valence-corrected chi connectivity index (χ4v) is 2.67. The molecular formula is C15H16N2O3S. The van der Waals surface area contributed by atoms with E-state index in [1.165, 1.54) is 16.2 Å². The van der Waals surface area contributed by atoms with Crippen molar-refractivity contribution in [3.05, 3.63) is 46.7 Å². The molecule has 2 rings (SSSR count). The molecule has 21 heavy (non-hydrogen) atoms. The molecule has 0 unspecified atom stereocenters. The van der Waals surface area contributed by atoms with Gasteiger partial charge in [0.05, 0.1) is 24.2 Å². The average Bonchev–Trinajstić information content (AvgIpc) is 2.93. The summed E-state index contributed by atoms with van der Waals surface area (Å²) in [6.45, 7) is 0.105. The number of nitrogens with zero attached hydrogens (tertiary/aromatic N) is 1. The summed E-state index contributed by atoms with van der Waals surface area (Å²) in [6.07, 6.45) is 0.121. The molecule has 5 nitrogen and oxygen atoms in total. The smallest absolute Gasteiger partial charge is 0.305 e. The summed E-state index contributed by atoms with van der Waals surface area (Å²) in [5.41, 5.74) is 6.92. The molecule has 110 valence electrons. The van der Waals surface area contributed by atoms with E-state index in [0.29, 0.717) is 11.4 Å². The third-order valence-corrected chi connectivity index (χ3v) is 3.86. The molecule has 0 aliphatic heterocycles. The predicted octanol–water partition coefficient (Wildman–Crippen LogP) is 2.38. The summed E-state index contributed by atoms with van der Waals surface area (Å²) in [5, 5.41) is 10.8. The molecule has 1 amide bonds. The highest BCUT2D eigenvalue weighted by atomic mass is 32.1. The molecule has 1 aromatic heterocycles. The van der Waals surface area contributed by atoms with Gasteiger partial charge in [-0.2, -0.15) is 0 Å². The molecule has 0 saturated heterocycles. The van der Waals surface area contributed by atoms with E-state index in [0.717, 1.165) is 4.88 Å². The number of carbonyl (C=O) groups is 2. The topological polar surface area (TPSA) is 83.6 Å². The Bertz CT molecular complexity index is 626. The van der Waals surface area contributed by atoms with Gasteiger partial charge in [-0.3, -0.25) is 9.59 Å². The van der Waals surface area contributed by atoms with E-state index in [9.17, 15) is 9.59 Å². The molecule has 0 saturated carbocycles. The van der Waals surface area contributed by atoms with Crippen LogP contribution in [0.3, 0.4) is 0 Å². The number of carbonyl (C=O) groups excluding carboxylic acids is 1. The Hall–Kier alpha value is -2.34. The minimum absolute atomic E-state index is 0.105. The highest BCUT2D eigenvalue weighted by molar-refractivity contribution is 7.10. The van der Waals surface area contributed by atoms with E-state index in [4.69, 9.17) is 10.8 Å². The zero-order valence-electron chi connectivity index (χ0n) is 11.4. The van der Waals surface area contributed by atoms with Crippen molar-refractivity contribution in [2.45, 2.75) is 12.8 Å². The molecule has 0 bridgehead atoms. The highest BCUT2D eigenvalue weighted by Crippen LogP contribution is 2.24. The lowest BCUT2D eigenvalue weighted by Crippen LogP contribution is -2.34. The molecule has 0 radical (unpaired) electrons.